The maximum atomic E-state index is 11.7. The molecule has 98 valence electrons. The van der Waals surface area contributed by atoms with Crippen LogP contribution in [0, 0.1) is 0 Å². The summed E-state index contributed by atoms with van der Waals surface area (Å²) in [5, 5.41) is 12.4. The summed E-state index contributed by atoms with van der Waals surface area (Å²) in [5.41, 5.74) is 1.63. The third kappa shape index (κ3) is 2.01. The molecule has 1 saturated heterocycles. The van der Waals surface area contributed by atoms with Crippen molar-refractivity contribution in [3.63, 3.8) is 0 Å². The topological polar surface area (TPSA) is 82.8 Å². The van der Waals surface area contributed by atoms with E-state index in [1.54, 1.807) is 6.26 Å². The molecule has 0 bridgehead atoms. The number of carboxylic acid groups (broad SMARTS) is 1. The number of hydrogen-bond donors (Lipinski definition) is 2. The van der Waals surface area contributed by atoms with E-state index in [2.05, 4.69) is 5.32 Å². The van der Waals surface area contributed by atoms with Crippen molar-refractivity contribution < 1.29 is 19.1 Å². The number of urea groups is 1. The van der Waals surface area contributed by atoms with Crippen molar-refractivity contribution in [3.05, 3.63) is 36.1 Å². The molecule has 2 heterocycles. The van der Waals surface area contributed by atoms with E-state index in [4.69, 9.17) is 9.52 Å². The number of para-hydroxylation sites is 1. The summed E-state index contributed by atoms with van der Waals surface area (Å²) in [7, 11) is 0. The van der Waals surface area contributed by atoms with Crippen LogP contribution in [0.15, 0.2) is 34.9 Å². The van der Waals surface area contributed by atoms with Crippen LogP contribution in [-0.4, -0.2) is 35.1 Å². The van der Waals surface area contributed by atoms with E-state index in [0.29, 0.717) is 6.54 Å². The molecule has 0 saturated carbocycles. The molecule has 0 aliphatic carbocycles. The Kier molecular flexibility index (Phi) is 2.63. The summed E-state index contributed by atoms with van der Waals surface area (Å²) in [6, 6.07) is 6.94. The molecule has 6 nitrogen and oxygen atoms in total. The van der Waals surface area contributed by atoms with E-state index < -0.39 is 5.97 Å². The smallest absolute Gasteiger partial charge is 0.323 e. The highest BCUT2D eigenvalue weighted by atomic mass is 16.4. The first kappa shape index (κ1) is 11.6. The van der Waals surface area contributed by atoms with Crippen LogP contribution in [0.5, 0.6) is 0 Å². The molecule has 1 aliphatic heterocycles. The summed E-state index contributed by atoms with van der Waals surface area (Å²) in [6.07, 6.45) is 1.61. The minimum atomic E-state index is -1.02. The fraction of sp³-hybridized carbons (Fsp3) is 0.231. The first-order chi connectivity index (χ1) is 9.15. The lowest BCUT2D eigenvalue weighted by Gasteiger charge is -2.10. The normalized spacial score (nSPS) is 18.8. The zero-order chi connectivity index (χ0) is 13.4. The van der Waals surface area contributed by atoms with Gasteiger partial charge in [-0.3, -0.25) is 4.79 Å². The second-order valence-electron chi connectivity index (χ2n) is 4.46. The second kappa shape index (κ2) is 4.31. The third-order valence-corrected chi connectivity index (χ3v) is 3.20. The van der Waals surface area contributed by atoms with Gasteiger partial charge in [-0.25, -0.2) is 4.79 Å². The summed E-state index contributed by atoms with van der Waals surface area (Å²) in [6.45, 7) is 0.0345. The van der Waals surface area contributed by atoms with Gasteiger partial charge in [0.05, 0.1) is 12.3 Å². The van der Waals surface area contributed by atoms with Crippen LogP contribution in [0.2, 0.25) is 0 Å². The Hall–Kier alpha value is -2.50. The van der Waals surface area contributed by atoms with E-state index >= 15 is 0 Å². The molecule has 1 aliphatic rings. The van der Waals surface area contributed by atoms with Gasteiger partial charge in [0.1, 0.15) is 12.1 Å². The van der Waals surface area contributed by atoms with Crippen molar-refractivity contribution in [2.45, 2.75) is 6.04 Å². The minimum absolute atomic E-state index is 0.240. The molecule has 2 N–H and O–H groups in total. The highest BCUT2D eigenvalue weighted by Crippen LogP contribution is 2.29. The van der Waals surface area contributed by atoms with Gasteiger partial charge in [0.25, 0.3) is 0 Å². The lowest BCUT2D eigenvalue weighted by atomic mass is 10.1. The molecule has 1 atom stereocenters. The first-order valence-electron chi connectivity index (χ1n) is 5.88. The molecule has 19 heavy (non-hydrogen) atoms. The van der Waals surface area contributed by atoms with Crippen LogP contribution >= 0.6 is 0 Å². The molecular weight excluding hydrogens is 248 g/mol. The quantitative estimate of drug-likeness (QED) is 0.877. The lowest BCUT2D eigenvalue weighted by molar-refractivity contribution is -0.137. The standard InChI is InChI=1S/C13H12N2O4/c16-12(17)6-15-5-10(14-13(15)18)9-7-19-11-4-2-1-3-8(9)11/h1-4,7,10H,5-6H2,(H,14,18)(H,16,17). The van der Waals surface area contributed by atoms with Crippen molar-refractivity contribution in [2.24, 2.45) is 0 Å². The number of hydrogen-bond acceptors (Lipinski definition) is 3. The van der Waals surface area contributed by atoms with Crippen LogP contribution in [-0.2, 0) is 4.79 Å². The Morgan fingerprint density at radius 1 is 1.47 bits per heavy atom. The van der Waals surface area contributed by atoms with Gasteiger partial charge in [-0.05, 0) is 6.07 Å². The number of furan rings is 1. The third-order valence-electron chi connectivity index (χ3n) is 3.20. The molecule has 2 amide bonds. The molecule has 1 fully saturated rings. The summed E-state index contributed by atoms with van der Waals surface area (Å²) in [5.74, 6) is -1.02. The zero-order valence-electron chi connectivity index (χ0n) is 10.00. The van der Waals surface area contributed by atoms with E-state index in [0.717, 1.165) is 16.5 Å². The van der Waals surface area contributed by atoms with Crippen molar-refractivity contribution in [3.8, 4) is 0 Å². The molecule has 2 aromatic rings. The largest absolute Gasteiger partial charge is 0.480 e. The van der Waals surface area contributed by atoms with E-state index in [1.165, 1.54) is 4.90 Å². The Morgan fingerprint density at radius 2 is 2.26 bits per heavy atom. The number of rotatable bonds is 3. The van der Waals surface area contributed by atoms with Crippen molar-refractivity contribution in [1.29, 1.82) is 0 Å². The maximum absolute atomic E-state index is 11.7. The maximum Gasteiger partial charge on any atom is 0.323 e. The van der Waals surface area contributed by atoms with Crippen LogP contribution < -0.4 is 5.32 Å². The van der Waals surface area contributed by atoms with Gasteiger partial charge in [0, 0.05) is 17.5 Å². The molecule has 6 heteroatoms. The molecule has 3 rings (SSSR count). The van der Waals surface area contributed by atoms with Crippen LogP contribution in [0.4, 0.5) is 4.79 Å². The van der Waals surface area contributed by atoms with Gasteiger partial charge in [-0.2, -0.15) is 0 Å². The molecule has 0 spiro atoms. The van der Waals surface area contributed by atoms with Gasteiger partial charge < -0.3 is 19.7 Å². The van der Waals surface area contributed by atoms with E-state index in [9.17, 15) is 9.59 Å². The minimum Gasteiger partial charge on any atom is -0.480 e. The number of aliphatic carboxylic acids is 1. The van der Waals surface area contributed by atoms with Crippen LogP contribution in [0.3, 0.4) is 0 Å². The molecular formula is C13H12N2O4. The Bertz CT molecular complexity index is 649. The number of benzene rings is 1. The SMILES string of the molecule is O=C(O)CN1CC(c2coc3ccccc23)NC1=O. The summed E-state index contributed by atoms with van der Waals surface area (Å²) < 4.78 is 5.43. The average Bonchev–Trinajstić information content (AvgIpc) is 2.93. The number of carbonyl (C=O) groups is 2. The van der Waals surface area contributed by atoms with Crippen molar-refractivity contribution >= 4 is 23.0 Å². The second-order valence-corrected chi connectivity index (χ2v) is 4.46. The summed E-state index contributed by atoms with van der Waals surface area (Å²) in [4.78, 5) is 23.6. The highest BCUT2D eigenvalue weighted by molar-refractivity contribution is 5.85. The number of amides is 2. The zero-order valence-corrected chi connectivity index (χ0v) is 10.00. The van der Waals surface area contributed by atoms with E-state index in [1.807, 2.05) is 24.3 Å². The lowest BCUT2D eigenvalue weighted by Crippen LogP contribution is -2.32. The number of carbonyl (C=O) groups excluding carboxylic acids is 1. The monoisotopic (exact) mass is 260 g/mol. The molecule has 1 unspecified atom stereocenters. The van der Waals surface area contributed by atoms with Crippen molar-refractivity contribution in [1.82, 2.24) is 10.2 Å². The van der Waals surface area contributed by atoms with Gasteiger partial charge in [0.2, 0.25) is 0 Å². The van der Waals surface area contributed by atoms with Gasteiger partial charge in [0.15, 0.2) is 0 Å². The van der Waals surface area contributed by atoms with Gasteiger partial charge in [-0.15, -0.1) is 0 Å². The summed E-state index contributed by atoms with van der Waals surface area (Å²) >= 11 is 0. The Labute approximate surface area is 108 Å². The fourth-order valence-electron chi connectivity index (χ4n) is 2.33. The van der Waals surface area contributed by atoms with Gasteiger partial charge >= 0.3 is 12.0 Å². The Morgan fingerprint density at radius 3 is 3.05 bits per heavy atom. The van der Waals surface area contributed by atoms with Crippen LogP contribution in [0.25, 0.3) is 11.0 Å². The average molecular weight is 260 g/mol. The number of nitrogens with one attached hydrogen (secondary N) is 1. The number of fused-ring (bicyclic) bond motifs is 1. The Balaban J connectivity index is 1.88. The number of nitrogens with zero attached hydrogens (tertiary/aromatic N) is 1. The van der Waals surface area contributed by atoms with Crippen molar-refractivity contribution in [2.75, 3.05) is 13.1 Å². The fourth-order valence-corrected chi connectivity index (χ4v) is 2.33. The first-order valence-corrected chi connectivity index (χ1v) is 5.88. The van der Waals surface area contributed by atoms with Gasteiger partial charge in [-0.1, -0.05) is 18.2 Å². The molecule has 0 radical (unpaired) electrons. The number of carboxylic acids is 1. The van der Waals surface area contributed by atoms with E-state index in [-0.39, 0.29) is 18.6 Å². The molecule has 1 aromatic heterocycles. The van der Waals surface area contributed by atoms with Crippen LogP contribution in [0.1, 0.15) is 11.6 Å². The predicted octanol–water partition coefficient (Wildman–Crippen LogP) is 1.58. The predicted molar refractivity (Wildman–Crippen MR) is 66.7 cm³/mol. The highest BCUT2D eigenvalue weighted by Gasteiger charge is 2.32. The molecule has 1 aromatic carbocycles.